The van der Waals surface area contributed by atoms with E-state index in [-0.39, 0.29) is 12.1 Å². The van der Waals surface area contributed by atoms with Crippen LogP contribution in [-0.2, 0) is 4.74 Å². The van der Waals surface area contributed by atoms with Gasteiger partial charge in [-0.15, -0.1) is 0 Å². The number of nitrogens with zero attached hydrogens (tertiary/aromatic N) is 4. The molecule has 1 rings (SSSR count). The van der Waals surface area contributed by atoms with Crippen LogP contribution in [0, 0.1) is 0 Å². The number of carbonyl (C=O) groups is 1. The van der Waals surface area contributed by atoms with Crippen molar-refractivity contribution < 1.29 is 14.6 Å². The molecule has 1 aliphatic rings. The molecule has 0 spiro atoms. The van der Waals surface area contributed by atoms with E-state index in [4.69, 9.17) is 16.0 Å². The van der Waals surface area contributed by atoms with Gasteiger partial charge in [-0.05, 0) is 38.6 Å². The van der Waals surface area contributed by atoms with Gasteiger partial charge in [0.25, 0.3) is 0 Å². The van der Waals surface area contributed by atoms with Crippen molar-refractivity contribution in [1.82, 2.24) is 4.90 Å². The van der Waals surface area contributed by atoms with Crippen molar-refractivity contribution in [3.05, 3.63) is 10.4 Å². The summed E-state index contributed by atoms with van der Waals surface area (Å²) in [5.74, 6) is 0. The Morgan fingerprint density at radius 3 is 2.81 bits per heavy atom. The molecule has 21 heavy (non-hydrogen) atoms. The summed E-state index contributed by atoms with van der Waals surface area (Å²) < 4.78 is 5.44. The first-order chi connectivity index (χ1) is 9.88. The minimum atomic E-state index is -0.995. The number of cyclic esters (lactones) is 1. The van der Waals surface area contributed by atoms with Gasteiger partial charge < -0.3 is 15.6 Å². The van der Waals surface area contributed by atoms with E-state index in [1.807, 2.05) is 6.92 Å². The molecule has 0 aliphatic carbocycles. The molecule has 0 unspecified atom stereocenters. The second kappa shape index (κ2) is 7.49. The zero-order chi connectivity index (χ0) is 16.0. The van der Waals surface area contributed by atoms with Gasteiger partial charge >= 0.3 is 6.09 Å². The Balaban J connectivity index is 2.78. The summed E-state index contributed by atoms with van der Waals surface area (Å²) in [6.45, 7) is 6.24. The van der Waals surface area contributed by atoms with Crippen LogP contribution in [0.25, 0.3) is 10.4 Å². The van der Waals surface area contributed by atoms with Gasteiger partial charge in [0.2, 0.25) is 0 Å². The molecular weight excluding hydrogens is 274 g/mol. The van der Waals surface area contributed by atoms with Crippen molar-refractivity contribution in [2.45, 2.75) is 63.8 Å². The molecule has 1 amide bonds. The maximum atomic E-state index is 12.1. The van der Waals surface area contributed by atoms with Gasteiger partial charge in [-0.2, -0.15) is 0 Å². The van der Waals surface area contributed by atoms with Crippen LogP contribution in [0.5, 0.6) is 0 Å². The molecule has 8 nitrogen and oxygen atoms in total. The maximum absolute atomic E-state index is 12.1. The third kappa shape index (κ3) is 3.78. The first-order valence-electron chi connectivity index (χ1n) is 7.32. The molecule has 4 atom stereocenters. The summed E-state index contributed by atoms with van der Waals surface area (Å²) >= 11 is 0. The lowest BCUT2D eigenvalue weighted by atomic mass is 9.85. The number of unbranched alkanes of at least 4 members (excludes halogenated alkanes) is 1. The Morgan fingerprint density at radius 1 is 1.62 bits per heavy atom. The number of carbonyl (C=O) groups excluding carboxylic acids is 1. The minimum Gasteiger partial charge on any atom is -0.438 e. The van der Waals surface area contributed by atoms with Gasteiger partial charge in [0, 0.05) is 24.0 Å². The number of ether oxygens (including phenoxy) is 1. The molecule has 0 bridgehead atoms. The highest BCUT2D eigenvalue weighted by Gasteiger charge is 2.55. The van der Waals surface area contributed by atoms with Crippen molar-refractivity contribution in [2.75, 3.05) is 13.1 Å². The summed E-state index contributed by atoms with van der Waals surface area (Å²) in [4.78, 5) is 16.4. The number of nitrogens with two attached hydrogens (primary N) is 1. The smallest absolute Gasteiger partial charge is 0.410 e. The van der Waals surface area contributed by atoms with Crippen LogP contribution in [0.3, 0.4) is 0 Å². The summed E-state index contributed by atoms with van der Waals surface area (Å²) in [5, 5.41) is 13.7. The fourth-order valence-electron chi connectivity index (χ4n) is 2.95. The molecule has 0 radical (unpaired) electrons. The SMILES string of the molecule is CC[C@@H](O)[C@@]1(C)OC(=O)N(CCCCN=[N+]=[N-])[C@@H]1[C@@H](C)N. The average molecular weight is 299 g/mol. The Kier molecular flexibility index (Phi) is 6.26. The summed E-state index contributed by atoms with van der Waals surface area (Å²) in [5.41, 5.74) is 13.2. The number of amides is 1. The molecule has 0 saturated carbocycles. The lowest BCUT2D eigenvalue weighted by Gasteiger charge is -2.37. The van der Waals surface area contributed by atoms with E-state index in [9.17, 15) is 9.90 Å². The van der Waals surface area contributed by atoms with E-state index in [2.05, 4.69) is 10.0 Å². The van der Waals surface area contributed by atoms with Crippen molar-refractivity contribution in [1.29, 1.82) is 0 Å². The second-order valence-electron chi connectivity index (χ2n) is 5.63. The third-order valence-electron chi connectivity index (χ3n) is 3.98. The molecular formula is C13H25N5O3. The highest BCUT2D eigenvalue weighted by Crippen LogP contribution is 2.35. The number of hydrogen-bond acceptors (Lipinski definition) is 5. The first-order valence-corrected chi connectivity index (χ1v) is 7.32. The van der Waals surface area contributed by atoms with Crippen LogP contribution in [-0.4, -0.2) is 53.0 Å². The molecule has 1 aliphatic heterocycles. The molecule has 8 heteroatoms. The first kappa shape index (κ1) is 17.6. The van der Waals surface area contributed by atoms with Gasteiger partial charge in [-0.1, -0.05) is 12.0 Å². The lowest BCUT2D eigenvalue weighted by Crippen LogP contribution is -2.58. The van der Waals surface area contributed by atoms with E-state index >= 15 is 0 Å². The Bertz CT molecular complexity index is 411. The highest BCUT2D eigenvalue weighted by molar-refractivity contribution is 5.72. The zero-order valence-corrected chi connectivity index (χ0v) is 12.9. The van der Waals surface area contributed by atoms with Crippen LogP contribution in [0.4, 0.5) is 4.79 Å². The largest absolute Gasteiger partial charge is 0.438 e. The van der Waals surface area contributed by atoms with Gasteiger partial charge in [0.1, 0.15) is 0 Å². The minimum absolute atomic E-state index is 0.320. The summed E-state index contributed by atoms with van der Waals surface area (Å²) in [6, 6.07) is -0.695. The number of rotatable bonds is 8. The predicted octanol–water partition coefficient (Wildman–Crippen LogP) is 1.77. The van der Waals surface area contributed by atoms with E-state index in [1.54, 1.807) is 18.7 Å². The second-order valence-corrected chi connectivity index (χ2v) is 5.63. The van der Waals surface area contributed by atoms with Crippen LogP contribution < -0.4 is 5.73 Å². The Morgan fingerprint density at radius 2 is 2.29 bits per heavy atom. The molecule has 0 aromatic carbocycles. The normalized spacial score (nSPS) is 28.0. The maximum Gasteiger partial charge on any atom is 0.410 e. The summed E-state index contributed by atoms with van der Waals surface area (Å²) in [7, 11) is 0. The highest BCUT2D eigenvalue weighted by atomic mass is 16.6. The quantitative estimate of drug-likeness (QED) is 0.306. The van der Waals surface area contributed by atoms with Crippen LogP contribution in [0.2, 0.25) is 0 Å². The standard InChI is InChI=1S/C13H25N5O3/c1-4-10(19)13(3)11(9(2)14)18(12(20)21-13)8-6-5-7-16-17-15/h9-11,19H,4-8,14H2,1-3H3/t9-,10-,11-,13-/m1/s1. The molecule has 3 N–H and O–H groups in total. The van der Waals surface area contributed by atoms with Crippen LogP contribution >= 0.6 is 0 Å². The Labute approximate surface area is 124 Å². The van der Waals surface area contributed by atoms with E-state index in [1.165, 1.54) is 0 Å². The van der Waals surface area contributed by atoms with Gasteiger partial charge in [-0.25, -0.2) is 4.79 Å². The average Bonchev–Trinajstić information content (AvgIpc) is 2.69. The lowest BCUT2D eigenvalue weighted by molar-refractivity contribution is -0.0645. The van der Waals surface area contributed by atoms with E-state index in [0.717, 1.165) is 0 Å². The third-order valence-corrected chi connectivity index (χ3v) is 3.98. The topological polar surface area (TPSA) is 125 Å². The number of aliphatic hydroxyl groups is 1. The molecule has 1 heterocycles. The molecule has 0 aromatic heterocycles. The number of aliphatic hydroxyl groups excluding tert-OH is 1. The van der Waals surface area contributed by atoms with Crippen LogP contribution in [0.1, 0.15) is 40.0 Å². The predicted molar refractivity (Wildman–Crippen MR) is 78.6 cm³/mol. The fourth-order valence-corrected chi connectivity index (χ4v) is 2.95. The summed E-state index contributed by atoms with van der Waals surface area (Å²) in [6.07, 6.45) is 0.654. The Hall–Kier alpha value is -1.50. The van der Waals surface area contributed by atoms with Gasteiger partial charge in [-0.3, -0.25) is 4.90 Å². The van der Waals surface area contributed by atoms with Crippen molar-refractivity contribution in [3.63, 3.8) is 0 Å². The zero-order valence-electron chi connectivity index (χ0n) is 12.9. The van der Waals surface area contributed by atoms with Crippen LogP contribution in [0.15, 0.2) is 5.11 Å². The van der Waals surface area contributed by atoms with E-state index < -0.39 is 17.8 Å². The molecule has 0 aromatic rings. The fraction of sp³-hybridized carbons (Fsp3) is 0.923. The molecule has 120 valence electrons. The van der Waals surface area contributed by atoms with Crippen molar-refractivity contribution in [2.24, 2.45) is 10.8 Å². The van der Waals surface area contributed by atoms with Gasteiger partial charge in [0.05, 0.1) is 12.1 Å². The van der Waals surface area contributed by atoms with Gasteiger partial charge in [0.15, 0.2) is 5.60 Å². The molecule has 1 saturated heterocycles. The van der Waals surface area contributed by atoms with Crippen molar-refractivity contribution in [3.8, 4) is 0 Å². The van der Waals surface area contributed by atoms with E-state index in [0.29, 0.717) is 32.4 Å². The number of hydrogen-bond donors (Lipinski definition) is 2. The molecule has 1 fully saturated rings. The van der Waals surface area contributed by atoms with Crippen molar-refractivity contribution >= 4 is 6.09 Å². The monoisotopic (exact) mass is 299 g/mol. The number of azide groups is 1.